The van der Waals surface area contributed by atoms with Crippen molar-refractivity contribution in [2.45, 2.75) is 65.8 Å². The molecule has 0 fully saturated rings. The minimum atomic E-state index is -1.22. The number of ether oxygens (including phenoxy) is 3. The summed E-state index contributed by atoms with van der Waals surface area (Å²) in [7, 11) is 0. The summed E-state index contributed by atoms with van der Waals surface area (Å²) in [4.78, 5) is 11.3. The topological polar surface area (TPSA) is 91.0 Å². The summed E-state index contributed by atoms with van der Waals surface area (Å²) in [5.41, 5.74) is 5.73. The van der Waals surface area contributed by atoms with E-state index in [0.29, 0.717) is 26.2 Å². The Morgan fingerprint density at radius 1 is 1.07 bits per heavy atom. The first-order valence-corrected chi connectivity index (χ1v) is 9.86. The van der Waals surface area contributed by atoms with Gasteiger partial charge in [0, 0.05) is 17.7 Å². The van der Waals surface area contributed by atoms with Gasteiger partial charge in [-0.1, -0.05) is 13.3 Å². The Morgan fingerprint density at radius 2 is 1.59 bits per heavy atom. The van der Waals surface area contributed by atoms with Crippen LogP contribution in [0.2, 0.25) is 0 Å². The van der Waals surface area contributed by atoms with Gasteiger partial charge in [-0.3, -0.25) is 4.79 Å². The molecule has 0 amide bonds. The first kappa shape index (κ1) is 23.1. The zero-order valence-corrected chi connectivity index (χ0v) is 17.3. The van der Waals surface area contributed by atoms with Gasteiger partial charge in [-0.15, -0.1) is 0 Å². The molecule has 27 heavy (non-hydrogen) atoms. The fourth-order valence-corrected chi connectivity index (χ4v) is 3.15. The van der Waals surface area contributed by atoms with E-state index in [4.69, 9.17) is 19.9 Å². The Balaban J connectivity index is 3.06. The van der Waals surface area contributed by atoms with Crippen LogP contribution in [0.5, 0.6) is 17.2 Å². The number of nitrogens with two attached hydrogens (primary N) is 1. The van der Waals surface area contributed by atoms with Crippen LogP contribution in [-0.4, -0.2) is 36.4 Å². The van der Waals surface area contributed by atoms with Crippen LogP contribution in [0.4, 0.5) is 0 Å². The fourth-order valence-electron chi connectivity index (χ4n) is 3.15. The molecule has 6 nitrogen and oxygen atoms in total. The molecule has 1 aromatic carbocycles. The number of carboxylic acids is 1. The quantitative estimate of drug-likeness (QED) is 0.536. The summed E-state index contributed by atoms with van der Waals surface area (Å²) in [5, 5.41) is 9.30. The molecule has 1 aromatic rings. The van der Waals surface area contributed by atoms with Crippen LogP contribution in [0, 0.1) is 5.92 Å². The molecular formula is C21H35NO5. The maximum Gasteiger partial charge on any atom is 0.323 e. The van der Waals surface area contributed by atoms with Crippen LogP contribution in [0.15, 0.2) is 12.1 Å². The summed E-state index contributed by atoms with van der Waals surface area (Å²) in [6.45, 7) is 11.1. The molecule has 0 bridgehead atoms. The monoisotopic (exact) mass is 381 g/mol. The number of carboxylic acid groups (broad SMARTS) is 1. The Morgan fingerprint density at radius 3 is 2.00 bits per heavy atom. The third-order valence-corrected chi connectivity index (χ3v) is 4.63. The largest absolute Gasteiger partial charge is 0.494 e. The molecule has 0 radical (unpaired) electrons. The van der Waals surface area contributed by atoms with Gasteiger partial charge in [0.25, 0.3) is 0 Å². The van der Waals surface area contributed by atoms with E-state index in [9.17, 15) is 9.90 Å². The average Bonchev–Trinajstić information content (AvgIpc) is 2.60. The Kier molecular flexibility index (Phi) is 9.43. The van der Waals surface area contributed by atoms with Crippen LogP contribution in [0.3, 0.4) is 0 Å². The summed E-state index contributed by atoms with van der Waals surface area (Å²) < 4.78 is 17.3. The van der Waals surface area contributed by atoms with E-state index >= 15 is 0 Å². The van der Waals surface area contributed by atoms with E-state index in [1.165, 1.54) is 0 Å². The van der Waals surface area contributed by atoms with E-state index in [1.54, 1.807) is 6.92 Å². The molecule has 0 aliphatic heterocycles. The highest BCUT2D eigenvalue weighted by Gasteiger charge is 2.31. The Labute approximate surface area is 163 Å². The minimum Gasteiger partial charge on any atom is -0.494 e. The number of carbonyl (C=O) groups is 1. The van der Waals surface area contributed by atoms with Gasteiger partial charge in [0.15, 0.2) is 0 Å². The fraction of sp³-hybridized carbons (Fsp3) is 0.667. The summed E-state index contributed by atoms with van der Waals surface area (Å²) in [6, 6.07) is 3.80. The predicted octanol–water partition coefficient (Wildman–Crippen LogP) is 4.03. The lowest BCUT2D eigenvalue weighted by atomic mass is 9.84. The van der Waals surface area contributed by atoms with Gasteiger partial charge in [0.1, 0.15) is 22.8 Å². The molecule has 0 aliphatic carbocycles. The average molecular weight is 382 g/mol. The van der Waals surface area contributed by atoms with Crippen LogP contribution in [-0.2, 0) is 11.2 Å². The number of benzene rings is 1. The zero-order chi connectivity index (χ0) is 20.4. The Bertz CT molecular complexity index is 573. The maximum atomic E-state index is 11.3. The molecule has 6 heteroatoms. The van der Waals surface area contributed by atoms with E-state index < -0.39 is 11.5 Å². The molecule has 2 unspecified atom stereocenters. The molecule has 2 atom stereocenters. The van der Waals surface area contributed by atoms with Crippen molar-refractivity contribution >= 4 is 5.97 Å². The van der Waals surface area contributed by atoms with Gasteiger partial charge in [-0.2, -0.15) is 0 Å². The van der Waals surface area contributed by atoms with E-state index in [1.807, 2.05) is 32.9 Å². The molecule has 154 valence electrons. The zero-order valence-electron chi connectivity index (χ0n) is 17.3. The number of rotatable bonds is 13. The molecule has 0 aliphatic rings. The highest BCUT2D eigenvalue weighted by atomic mass is 16.5. The van der Waals surface area contributed by atoms with Crippen molar-refractivity contribution in [1.29, 1.82) is 0 Å². The van der Waals surface area contributed by atoms with Gasteiger partial charge in [0.05, 0.1) is 19.8 Å². The molecule has 0 aromatic heterocycles. The molecule has 3 N–H and O–H groups in total. The highest BCUT2D eigenvalue weighted by molar-refractivity contribution is 5.77. The van der Waals surface area contributed by atoms with E-state index in [0.717, 1.165) is 42.1 Å². The Hall–Kier alpha value is -1.95. The molecule has 0 saturated carbocycles. The second-order valence-corrected chi connectivity index (χ2v) is 6.94. The lowest BCUT2D eigenvalue weighted by molar-refractivity contribution is -0.143. The molecule has 0 heterocycles. The SMILES string of the molecule is CCOc1cc(OCC)c(CCC(CC)CC(C)(N)C(=O)O)c(OCC)c1. The molecule has 1 rings (SSSR count). The van der Waals surface area contributed by atoms with Crippen molar-refractivity contribution in [1.82, 2.24) is 0 Å². The van der Waals surface area contributed by atoms with Crippen LogP contribution in [0.25, 0.3) is 0 Å². The van der Waals surface area contributed by atoms with Crippen LogP contribution >= 0.6 is 0 Å². The van der Waals surface area contributed by atoms with Crippen molar-refractivity contribution in [3.8, 4) is 17.2 Å². The second kappa shape index (κ2) is 11.0. The van der Waals surface area contributed by atoms with Gasteiger partial charge in [-0.25, -0.2) is 0 Å². The van der Waals surface area contributed by atoms with E-state index in [2.05, 4.69) is 6.92 Å². The smallest absolute Gasteiger partial charge is 0.323 e. The van der Waals surface area contributed by atoms with Crippen molar-refractivity contribution in [2.24, 2.45) is 11.7 Å². The third-order valence-electron chi connectivity index (χ3n) is 4.63. The summed E-state index contributed by atoms with van der Waals surface area (Å²) >= 11 is 0. The third kappa shape index (κ3) is 6.94. The first-order chi connectivity index (χ1) is 12.8. The number of hydrogen-bond donors (Lipinski definition) is 2. The minimum absolute atomic E-state index is 0.201. The highest BCUT2D eigenvalue weighted by Crippen LogP contribution is 2.37. The maximum absolute atomic E-state index is 11.3. The normalized spacial score (nSPS) is 14.3. The van der Waals surface area contributed by atoms with Crippen molar-refractivity contribution < 1.29 is 24.1 Å². The van der Waals surface area contributed by atoms with Gasteiger partial charge in [-0.05, 0) is 52.9 Å². The predicted molar refractivity (Wildman–Crippen MR) is 107 cm³/mol. The lowest BCUT2D eigenvalue weighted by Gasteiger charge is -2.26. The second-order valence-electron chi connectivity index (χ2n) is 6.94. The lowest BCUT2D eigenvalue weighted by Crippen LogP contribution is -2.46. The molecule has 0 spiro atoms. The van der Waals surface area contributed by atoms with Gasteiger partial charge in [0.2, 0.25) is 0 Å². The van der Waals surface area contributed by atoms with Crippen LogP contribution in [0.1, 0.15) is 59.4 Å². The molecular weight excluding hydrogens is 346 g/mol. The summed E-state index contributed by atoms with van der Waals surface area (Å²) in [5.74, 6) is 1.48. The van der Waals surface area contributed by atoms with Gasteiger partial charge < -0.3 is 25.1 Å². The molecule has 0 saturated heterocycles. The van der Waals surface area contributed by atoms with Crippen molar-refractivity contribution in [3.05, 3.63) is 17.7 Å². The van der Waals surface area contributed by atoms with E-state index in [-0.39, 0.29) is 5.92 Å². The number of aliphatic carboxylic acids is 1. The standard InChI is InChI=1S/C21H35NO5/c1-6-15(14-21(5,22)20(23)24)10-11-17-18(26-8-3)12-16(25-7-2)13-19(17)27-9-4/h12-13,15H,6-11,14,22H2,1-5H3,(H,23,24). The first-order valence-electron chi connectivity index (χ1n) is 9.86. The van der Waals surface area contributed by atoms with Gasteiger partial charge >= 0.3 is 5.97 Å². The van der Waals surface area contributed by atoms with Crippen molar-refractivity contribution in [2.75, 3.05) is 19.8 Å². The van der Waals surface area contributed by atoms with Crippen LogP contribution < -0.4 is 19.9 Å². The number of hydrogen-bond acceptors (Lipinski definition) is 5. The summed E-state index contributed by atoms with van der Waals surface area (Å²) in [6.07, 6.45) is 2.84. The van der Waals surface area contributed by atoms with Crippen molar-refractivity contribution in [3.63, 3.8) is 0 Å².